The third kappa shape index (κ3) is 2.72. The van der Waals surface area contributed by atoms with Gasteiger partial charge in [0, 0.05) is 6.20 Å². The number of anilines is 1. The second kappa shape index (κ2) is 5.86. The summed E-state index contributed by atoms with van der Waals surface area (Å²) in [6, 6.07) is 8.30. The van der Waals surface area contributed by atoms with E-state index in [1.54, 1.807) is 36.5 Å². The molecule has 0 aliphatic carbocycles. The van der Waals surface area contributed by atoms with Crippen molar-refractivity contribution < 1.29 is 14.6 Å². The lowest BCUT2D eigenvalue weighted by Crippen LogP contribution is -2.28. The molecule has 1 N–H and O–H groups in total. The Kier molecular flexibility index (Phi) is 3.91. The highest BCUT2D eigenvalue weighted by Gasteiger charge is 2.34. The van der Waals surface area contributed by atoms with Crippen molar-refractivity contribution in [1.82, 2.24) is 4.98 Å². The van der Waals surface area contributed by atoms with E-state index < -0.39 is 0 Å². The molecule has 0 atom stereocenters. The lowest BCUT2D eigenvalue weighted by Gasteiger charge is -2.10. The first-order valence-corrected chi connectivity index (χ1v) is 7.43. The van der Waals surface area contributed by atoms with Crippen LogP contribution in [0.3, 0.4) is 0 Å². The van der Waals surface area contributed by atoms with Crippen molar-refractivity contribution in [2.24, 2.45) is 0 Å². The number of phenols is 1. The Morgan fingerprint density at radius 2 is 2.18 bits per heavy atom. The van der Waals surface area contributed by atoms with Crippen LogP contribution in [0, 0.1) is 0 Å². The molecular weight excluding hydrogens is 368 g/mol. The monoisotopic (exact) mass is 376 g/mol. The molecule has 22 heavy (non-hydrogen) atoms. The minimum Gasteiger partial charge on any atom is -0.507 e. The molecule has 2 heterocycles. The third-order valence-electron chi connectivity index (χ3n) is 2.97. The number of nitrogens with zero attached hydrogens (tertiary/aromatic N) is 2. The zero-order chi connectivity index (χ0) is 15.7. The van der Waals surface area contributed by atoms with Gasteiger partial charge in [0.15, 0.2) is 5.76 Å². The number of amides is 1. The molecule has 2 aromatic rings. The van der Waals surface area contributed by atoms with Crippen molar-refractivity contribution in [1.29, 1.82) is 0 Å². The van der Waals surface area contributed by atoms with Crippen LogP contribution in [0.15, 0.2) is 53.0 Å². The quantitative estimate of drug-likeness (QED) is 0.643. The summed E-state index contributed by atoms with van der Waals surface area (Å²) in [6.45, 7) is 0. The van der Waals surface area contributed by atoms with E-state index in [9.17, 15) is 9.90 Å². The van der Waals surface area contributed by atoms with Crippen molar-refractivity contribution in [3.63, 3.8) is 0 Å². The number of thiocarbonyl (C=S) groups is 1. The topological polar surface area (TPSA) is 62.7 Å². The van der Waals surface area contributed by atoms with Gasteiger partial charge in [-0.05, 0) is 64.1 Å². The van der Waals surface area contributed by atoms with Crippen molar-refractivity contribution in [3.05, 3.63) is 58.5 Å². The minimum atomic E-state index is -0.359. The third-order valence-corrected chi connectivity index (χ3v) is 3.87. The summed E-state index contributed by atoms with van der Waals surface area (Å²) in [5.41, 5.74) is 1.25. The van der Waals surface area contributed by atoms with E-state index in [2.05, 4.69) is 20.9 Å². The number of pyridine rings is 1. The van der Waals surface area contributed by atoms with E-state index in [-0.39, 0.29) is 22.6 Å². The largest absolute Gasteiger partial charge is 0.507 e. The smallest absolute Gasteiger partial charge is 0.301 e. The van der Waals surface area contributed by atoms with Gasteiger partial charge in [-0.1, -0.05) is 6.07 Å². The number of benzene rings is 1. The highest BCUT2D eigenvalue weighted by molar-refractivity contribution is 9.10. The number of carbonyl (C=O) groups excluding carboxylic acids is 1. The molecule has 5 nitrogen and oxygen atoms in total. The van der Waals surface area contributed by atoms with Crippen LogP contribution in [0.25, 0.3) is 6.08 Å². The summed E-state index contributed by atoms with van der Waals surface area (Å²) < 4.78 is 5.90. The van der Waals surface area contributed by atoms with Crippen molar-refractivity contribution in [3.8, 4) is 5.75 Å². The predicted molar refractivity (Wildman–Crippen MR) is 89.2 cm³/mol. The molecule has 0 spiro atoms. The molecular formula is C15H9BrN2O3S. The molecule has 110 valence electrons. The van der Waals surface area contributed by atoms with E-state index in [1.165, 1.54) is 17.2 Å². The van der Waals surface area contributed by atoms with Gasteiger partial charge in [-0.25, -0.2) is 4.90 Å². The Morgan fingerprint density at radius 1 is 1.36 bits per heavy atom. The molecule has 1 amide bonds. The standard InChI is InChI=1S/C15H9BrN2O3S/c16-11-6-9(3-4-12(11)19)7-13-14(20)18(15(22)21-13)10-2-1-5-17-8-10/h1-8,19H. The number of rotatable bonds is 2. The van der Waals surface area contributed by atoms with Gasteiger partial charge in [-0.15, -0.1) is 0 Å². The van der Waals surface area contributed by atoms with Gasteiger partial charge in [0.1, 0.15) is 5.75 Å². The maximum Gasteiger partial charge on any atom is 0.301 e. The zero-order valence-corrected chi connectivity index (χ0v) is 13.5. The lowest BCUT2D eigenvalue weighted by molar-refractivity contribution is -0.114. The number of phenolic OH excluding ortho intramolecular Hbond substituents is 1. The molecule has 0 saturated carbocycles. The van der Waals surface area contributed by atoms with Crippen LogP contribution < -0.4 is 4.90 Å². The maximum atomic E-state index is 12.4. The fraction of sp³-hybridized carbons (Fsp3) is 0. The molecule has 1 aliphatic rings. The predicted octanol–water partition coefficient (Wildman–Crippen LogP) is 3.24. The van der Waals surface area contributed by atoms with Crippen LogP contribution in [-0.4, -0.2) is 21.2 Å². The van der Waals surface area contributed by atoms with Crippen molar-refractivity contribution >= 4 is 51.0 Å². The molecule has 1 aromatic carbocycles. The minimum absolute atomic E-state index is 0.0575. The van der Waals surface area contributed by atoms with Gasteiger partial charge in [-0.3, -0.25) is 9.78 Å². The van der Waals surface area contributed by atoms with E-state index >= 15 is 0 Å². The van der Waals surface area contributed by atoms with Crippen LogP contribution >= 0.6 is 28.1 Å². The number of halogens is 1. The van der Waals surface area contributed by atoms with Crippen LogP contribution in [0.5, 0.6) is 5.75 Å². The molecule has 1 aliphatic heterocycles. The SMILES string of the molecule is O=C1C(=Cc2ccc(O)c(Br)c2)OC(=S)N1c1cccnc1. The van der Waals surface area contributed by atoms with E-state index in [0.717, 1.165) is 0 Å². The van der Waals surface area contributed by atoms with Crippen LogP contribution in [-0.2, 0) is 9.53 Å². The maximum absolute atomic E-state index is 12.4. The molecule has 1 saturated heterocycles. The van der Waals surface area contributed by atoms with Gasteiger partial charge < -0.3 is 9.84 Å². The molecule has 3 rings (SSSR count). The van der Waals surface area contributed by atoms with E-state index in [0.29, 0.717) is 15.7 Å². The fourth-order valence-corrected chi connectivity index (χ4v) is 2.62. The molecule has 0 bridgehead atoms. The zero-order valence-electron chi connectivity index (χ0n) is 11.1. The molecule has 1 aromatic heterocycles. The van der Waals surface area contributed by atoms with Crippen LogP contribution in [0.4, 0.5) is 5.69 Å². The Bertz CT molecular complexity index is 793. The number of hydrogen-bond acceptors (Lipinski definition) is 5. The normalized spacial score (nSPS) is 16.2. The number of carbonyl (C=O) groups is 1. The number of ether oxygens (including phenoxy) is 1. The average molecular weight is 377 g/mol. The summed E-state index contributed by atoms with van der Waals surface area (Å²) in [4.78, 5) is 17.7. The average Bonchev–Trinajstić information content (AvgIpc) is 2.78. The van der Waals surface area contributed by atoms with Gasteiger partial charge in [0.2, 0.25) is 0 Å². The van der Waals surface area contributed by atoms with E-state index in [1.807, 2.05) is 0 Å². The number of hydrogen-bond donors (Lipinski definition) is 1. The van der Waals surface area contributed by atoms with Crippen LogP contribution in [0.1, 0.15) is 5.56 Å². The van der Waals surface area contributed by atoms with Gasteiger partial charge in [0.25, 0.3) is 5.17 Å². The Morgan fingerprint density at radius 3 is 2.86 bits per heavy atom. The highest BCUT2D eigenvalue weighted by atomic mass is 79.9. The Labute approximate surface area is 140 Å². The summed E-state index contributed by atoms with van der Waals surface area (Å²) in [7, 11) is 0. The van der Waals surface area contributed by atoms with Gasteiger partial charge >= 0.3 is 5.91 Å². The first-order valence-electron chi connectivity index (χ1n) is 6.23. The first kappa shape index (κ1) is 14.7. The molecule has 0 radical (unpaired) electrons. The summed E-state index contributed by atoms with van der Waals surface area (Å²) in [6.07, 6.45) is 4.71. The number of aromatic hydroxyl groups is 1. The van der Waals surface area contributed by atoms with Gasteiger partial charge in [0.05, 0.1) is 16.4 Å². The summed E-state index contributed by atoms with van der Waals surface area (Å²) >= 11 is 8.33. The molecule has 1 fully saturated rings. The lowest BCUT2D eigenvalue weighted by atomic mass is 10.2. The van der Waals surface area contributed by atoms with Crippen LogP contribution in [0.2, 0.25) is 0 Å². The Balaban J connectivity index is 1.93. The summed E-state index contributed by atoms with van der Waals surface area (Å²) in [5, 5.41) is 9.55. The fourth-order valence-electron chi connectivity index (χ4n) is 1.94. The van der Waals surface area contributed by atoms with Gasteiger partial charge in [-0.2, -0.15) is 0 Å². The Hall–Kier alpha value is -2.25. The summed E-state index contributed by atoms with van der Waals surface area (Å²) in [5.74, 6) is -0.123. The van der Waals surface area contributed by atoms with Crippen molar-refractivity contribution in [2.75, 3.05) is 4.90 Å². The number of aromatic nitrogens is 1. The highest BCUT2D eigenvalue weighted by Crippen LogP contribution is 2.28. The van der Waals surface area contributed by atoms with Crippen molar-refractivity contribution in [2.45, 2.75) is 0 Å². The first-order chi connectivity index (χ1) is 10.6. The molecule has 0 unspecified atom stereocenters. The second-order valence-electron chi connectivity index (χ2n) is 4.44. The second-order valence-corrected chi connectivity index (χ2v) is 5.64. The van der Waals surface area contributed by atoms with E-state index in [4.69, 9.17) is 17.0 Å². The molecule has 7 heteroatoms.